The number of aromatic nitrogens is 3. The molecule has 0 bridgehead atoms. The second-order valence-electron chi connectivity index (χ2n) is 3.08. The summed E-state index contributed by atoms with van der Waals surface area (Å²) < 4.78 is 1.38. The van der Waals surface area contributed by atoms with Crippen LogP contribution in [0, 0.1) is 0 Å². The van der Waals surface area contributed by atoms with Crippen LogP contribution in [0.3, 0.4) is 0 Å². The van der Waals surface area contributed by atoms with Crippen LogP contribution in [0.5, 0.6) is 0 Å². The number of primary amides is 1. The molecule has 0 aliphatic heterocycles. The molecule has 6 nitrogen and oxygen atoms in total. The Morgan fingerprint density at radius 1 is 1.44 bits per heavy atom. The van der Waals surface area contributed by atoms with E-state index in [1.54, 1.807) is 0 Å². The number of hydrogen-bond acceptors (Lipinski definition) is 4. The highest BCUT2D eigenvalue weighted by Gasteiger charge is 2.09. The van der Waals surface area contributed by atoms with E-state index in [1.165, 1.54) is 29.2 Å². The monoisotopic (exact) mass is 237 g/mol. The first-order valence-corrected chi connectivity index (χ1v) is 4.72. The summed E-state index contributed by atoms with van der Waals surface area (Å²) in [7, 11) is 0. The van der Waals surface area contributed by atoms with Crippen LogP contribution >= 0.6 is 11.6 Å². The Kier molecular flexibility index (Phi) is 2.49. The lowest BCUT2D eigenvalue weighted by atomic mass is 10.3. The summed E-state index contributed by atoms with van der Waals surface area (Å²) in [5.74, 6) is -0.303. The molecule has 0 spiro atoms. The molecule has 16 heavy (non-hydrogen) atoms. The SMILES string of the molecule is NC(=O)c1ccc(N)c(-n2cc(Cl)cn2)n1. The first kappa shape index (κ1) is 10.4. The number of nitrogens with two attached hydrogens (primary N) is 2. The summed E-state index contributed by atoms with van der Waals surface area (Å²) in [6.07, 6.45) is 2.98. The van der Waals surface area contributed by atoms with Gasteiger partial charge < -0.3 is 11.5 Å². The fourth-order valence-corrected chi connectivity index (χ4v) is 1.33. The topological polar surface area (TPSA) is 99.8 Å². The zero-order chi connectivity index (χ0) is 11.7. The number of nitrogens with zero attached hydrogens (tertiary/aromatic N) is 3. The van der Waals surface area contributed by atoms with E-state index in [4.69, 9.17) is 23.1 Å². The van der Waals surface area contributed by atoms with Crippen molar-refractivity contribution in [1.82, 2.24) is 14.8 Å². The van der Waals surface area contributed by atoms with Gasteiger partial charge in [-0.05, 0) is 12.1 Å². The molecule has 0 saturated carbocycles. The van der Waals surface area contributed by atoms with Crippen molar-refractivity contribution in [2.75, 3.05) is 5.73 Å². The standard InChI is InChI=1S/C9H8ClN5O/c10-5-3-13-15(4-5)9-6(11)1-2-7(14-9)8(12)16/h1-4H,11H2,(H2,12,16). The molecular weight excluding hydrogens is 230 g/mol. The van der Waals surface area contributed by atoms with Crippen LogP contribution in [0.15, 0.2) is 24.5 Å². The molecule has 2 aromatic heterocycles. The first-order valence-electron chi connectivity index (χ1n) is 4.35. The van der Waals surface area contributed by atoms with E-state index in [9.17, 15) is 4.79 Å². The van der Waals surface area contributed by atoms with Gasteiger partial charge in [0.15, 0.2) is 5.82 Å². The largest absolute Gasteiger partial charge is 0.396 e. The van der Waals surface area contributed by atoms with Crippen molar-refractivity contribution in [2.45, 2.75) is 0 Å². The second kappa shape index (κ2) is 3.82. The summed E-state index contributed by atoms with van der Waals surface area (Å²) in [5.41, 5.74) is 11.3. The number of rotatable bonds is 2. The minimum atomic E-state index is -0.625. The van der Waals surface area contributed by atoms with Gasteiger partial charge in [0, 0.05) is 0 Å². The highest BCUT2D eigenvalue weighted by Crippen LogP contribution is 2.16. The average Bonchev–Trinajstić information content (AvgIpc) is 2.65. The van der Waals surface area contributed by atoms with E-state index in [0.29, 0.717) is 16.5 Å². The Bertz CT molecular complexity index is 551. The van der Waals surface area contributed by atoms with E-state index in [2.05, 4.69) is 10.1 Å². The zero-order valence-electron chi connectivity index (χ0n) is 8.09. The fraction of sp³-hybridized carbons (Fsp3) is 0. The van der Waals surface area contributed by atoms with Crippen LogP contribution in [0.4, 0.5) is 5.69 Å². The van der Waals surface area contributed by atoms with E-state index in [0.717, 1.165) is 0 Å². The molecule has 0 aromatic carbocycles. The third-order valence-electron chi connectivity index (χ3n) is 1.93. The molecule has 0 aliphatic carbocycles. The minimum absolute atomic E-state index is 0.121. The molecule has 4 N–H and O–H groups in total. The summed E-state index contributed by atoms with van der Waals surface area (Å²) >= 11 is 5.72. The molecule has 0 aliphatic rings. The van der Waals surface area contributed by atoms with Gasteiger partial charge in [-0.25, -0.2) is 9.67 Å². The Morgan fingerprint density at radius 3 is 2.75 bits per heavy atom. The molecule has 2 rings (SSSR count). The Labute approximate surface area is 95.8 Å². The van der Waals surface area contributed by atoms with Crippen molar-refractivity contribution in [1.29, 1.82) is 0 Å². The van der Waals surface area contributed by atoms with Gasteiger partial charge in [0.2, 0.25) is 0 Å². The number of hydrogen-bond donors (Lipinski definition) is 2. The molecule has 82 valence electrons. The third kappa shape index (κ3) is 1.82. The fourth-order valence-electron chi connectivity index (χ4n) is 1.20. The minimum Gasteiger partial charge on any atom is -0.396 e. The predicted octanol–water partition coefficient (Wildman–Crippen LogP) is 0.602. The maximum atomic E-state index is 11.0. The lowest BCUT2D eigenvalue weighted by Gasteiger charge is -2.05. The molecule has 1 amide bonds. The van der Waals surface area contributed by atoms with Gasteiger partial charge >= 0.3 is 0 Å². The smallest absolute Gasteiger partial charge is 0.267 e. The van der Waals surface area contributed by atoms with E-state index >= 15 is 0 Å². The van der Waals surface area contributed by atoms with Gasteiger partial charge in [0.05, 0.1) is 23.1 Å². The molecule has 2 heterocycles. The number of amides is 1. The predicted molar refractivity (Wildman–Crippen MR) is 59.3 cm³/mol. The Hall–Kier alpha value is -2.08. The average molecular weight is 238 g/mol. The van der Waals surface area contributed by atoms with Gasteiger partial charge in [-0.3, -0.25) is 4.79 Å². The molecule has 0 fully saturated rings. The van der Waals surface area contributed by atoms with Crippen LogP contribution < -0.4 is 11.5 Å². The number of pyridine rings is 1. The van der Waals surface area contributed by atoms with Gasteiger partial charge in [-0.15, -0.1) is 0 Å². The summed E-state index contributed by atoms with van der Waals surface area (Å²) in [5, 5.41) is 4.39. The molecule has 7 heteroatoms. The number of carbonyl (C=O) groups excluding carboxylic acids is 1. The van der Waals surface area contributed by atoms with Gasteiger partial charge in [-0.2, -0.15) is 5.10 Å². The van der Waals surface area contributed by atoms with E-state index < -0.39 is 5.91 Å². The Morgan fingerprint density at radius 2 is 2.19 bits per heavy atom. The third-order valence-corrected chi connectivity index (χ3v) is 2.12. The van der Waals surface area contributed by atoms with Gasteiger partial charge in [0.1, 0.15) is 5.69 Å². The van der Waals surface area contributed by atoms with Crippen molar-refractivity contribution in [3.05, 3.63) is 35.2 Å². The number of anilines is 1. The number of carbonyl (C=O) groups is 1. The second-order valence-corrected chi connectivity index (χ2v) is 3.51. The molecule has 0 atom stereocenters. The maximum absolute atomic E-state index is 11.0. The summed E-state index contributed by atoms with van der Waals surface area (Å²) in [6.45, 7) is 0. The normalized spacial score (nSPS) is 10.3. The van der Waals surface area contributed by atoms with Crippen molar-refractivity contribution in [3.8, 4) is 5.82 Å². The van der Waals surface area contributed by atoms with Crippen molar-refractivity contribution in [2.24, 2.45) is 5.73 Å². The lowest BCUT2D eigenvalue weighted by molar-refractivity contribution is 0.0995. The number of halogens is 1. The van der Waals surface area contributed by atoms with Crippen LogP contribution in [0.25, 0.3) is 5.82 Å². The van der Waals surface area contributed by atoms with E-state index in [-0.39, 0.29) is 5.69 Å². The highest BCUT2D eigenvalue weighted by atomic mass is 35.5. The van der Waals surface area contributed by atoms with Crippen molar-refractivity contribution >= 4 is 23.2 Å². The summed E-state index contributed by atoms with van der Waals surface area (Å²) in [6, 6.07) is 2.99. The van der Waals surface area contributed by atoms with Crippen molar-refractivity contribution < 1.29 is 4.79 Å². The van der Waals surface area contributed by atoms with Gasteiger partial charge in [-0.1, -0.05) is 11.6 Å². The van der Waals surface area contributed by atoms with Crippen LogP contribution in [0.1, 0.15) is 10.5 Å². The Balaban J connectivity index is 2.55. The first-order chi connectivity index (χ1) is 7.58. The molecule has 0 saturated heterocycles. The molecule has 2 aromatic rings. The molecule has 0 radical (unpaired) electrons. The molecule has 0 unspecified atom stereocenters. The van der Waals surface area contributed by atoms with Crippen LogP contribution in [0.2, 0.25) is 5.02 Å². The van der Waals surface area contributed by atoms with Crippen LogP contribution in [-0.4, -0.2) is 20.7 Å². The van der Waals surface area contributed by atoms with Gasteiger partial charge in [0.25, 0.3) is 5.91 Å². The lowest BCUT2D eigenvalue weighted by Crippen LogP contribution is -2.15. The highest BCUT2D eigenvalue weighted by molar-refractivity contribution is 6.30. The maximum Gasteiger partial charge on any atom is 0.267 e. The molecular formula is C9H8ClN5O. The van der Waals surface area contributed by atoms with E-state index in [1.807, 2.05) is 0 Å². The quantitative estimate of drug-likeness (QED) is 0.799. The van der Waals surface area contributed by atoms with Crippen LogP contribution in [-0.2, 0) is 0 Å². The van der Waals surface area contributed by atoms with Crippen molar-refractivity contribution in [3.63, 3.8) is 0 Å². The summed E-state index contributed by atoms with van der Waals surface area (Å²) in [4.78, 5) is 15.0. The zero-order valence-corrected chi connectivity index (χ0v) is 8.85. The number of nitrogen functional groups attached to an aromatic ring is 1.